The van der Waals surface area contributed by atoms with Gasteiger partial charge in [-0.3, -0.25) is 4.79 Å². The van der Waals surface area contributed by atoms with Crippen molar-refractivity contribution in [2.45, 2.75) is 40.3 Å². The van der Waals surface area contributed by atoms with E-state index in [1.165, 1.54) is 12.1 Å². The predicted molar refractivity (Wildman–Crippen MR) is 127 cm³/mol. The highest BCUT2D eigenvalue weighted by Gasteiger charge is 2.26. The van der Waals surface area contributed by atoms with Crippen molar-refractivity contribution in [3.05, 3.63) is 95.8 Å². The topological polar surface area (TPSA) is 60.5 Å². The Bertz CT molecular complexity index is 1220. The maximum Gasteiger partial charge on any atom is 0.227 e. The van der Waals surface area contributed by atoms with Crippen LogP contribution in [0.25, 0.3) is 5.69 Å². The number of aromatic nitrogens is 2. The molecule has 0 fully saturated rings. The fourth-order valence-corrected chi connectivity index (χ4v) is 3.74. The molecule has 6 nitrogen and oxygen atoms in total. The number of carbonyl (C=O) groups is 1. The monoisotopic (exact) mass is 461 g/mol. The minimum absolute atomic E-state index is 0.00125. The zero-order valence-corrected chi connectivity index (χ0v) is 19.6. The summed E-state index contributed by atoms with van der Waals surface area (Å²) in [6, 6.07) is 19.2. The molecule has 1 amide bonds. The highest BCUT2D eigenvalue weighted by Crippen LogP contribution is 2.33. The van der Waals surface area contributed by atoms with Crippen LogP contribution in [0.5, 0.6) is 11.6 Å². The van der Waals surface area contributed by atoms with Crippen molar-refractivity contribution in [3.8, 4) is 17.3 Å². The lowest BCUT2D eigenvalue weighted by Gasteiger charge is -2.24. The molecule has 2 aromatic carbocycles. The number of para-hydroxylation sites is 1. The number of rotatable bonds is 9. The van der Waals surface area contributed by atoms with Crippen LogP contribution in [-0.4, -0.2) is 20.6 Å². The minimum Gasteiger partial charge on any atom is -0.467 e. The third-order valence-electron chi connectivity index (χ3n) is 5.46. The second-order valence-corrected chi connectivity index (χ2v) is 8.32. The lowest BCUT2D eigenvalue weighted by molar-refractivity contribution is -0.136. The molecule has 0 N–H and O–H groups in total. The number of aryl methyl sites for hydroxylation is 1. The number of halogens is 1. The molecule has 2 heterocycles. The molecule has 0 radical (unpaired) electrons. The van der Waals surface area contributed by atoms with Gasteiger partial charge >= 0.3 is 0 Å². The summed E-state index contributed by atoms with van der Waals surface area (Å²) in [7, 11) is 0. The van der Waals surface area contributed by atoms with E-state index in [1.54, 1.807) is 34.0 Å². The van der Waals surface area contributed by atoms with Crippen molar-refractivity contribution >= 4 is 5.91 Å². The highest BCUT2D eigenvalue weighted by molar-refractivity contribution is 5.78. The van der Waals surface area contributed by atoms with Crippen molar-refractivity contribution < 1.29 is 18.3 Å². The van der Waals surface area contributed by atoms with Gasteiger partial charge in [-0.15, -0.1) is 0 Å². The number of furan rings is 1. The van der Waals surface area contributed by atoms with E-state index in [4.69, 9.17) is 14.3 Å². The first kappa shape index (κ1) is 23.3. The Labute approximate surface area is 198 Å². The molecule has 0 aliphatic rings. The van der Waals surface area contributed by atoms with Crippen LogP contribution in [0.2, 0.25) is 0 Å². The molecule has 4 aromatic rings. The normalized spacial score (nSPS) is 11.1. The molecule has 0 bridgehead atoms. The molecule has 7 heteroatoms. The molecule has 0 saturated carbocycles. The maximum atomic E-state index is 13.6. The van der Waals surface area contributed by atoms with E-state index < -0.39 is 0 Å². The third-order valence-corrected chi connectivity index (χ3v) is 5.46. The molecule has 0 aliphatic heterocycles. The summed E-state index contributed by atoms with van der Waals surface area (Å²) in [5.41, 5.74) is 2.27. The lowest BCUT2D eigenvalue weighted by Crippen LogP contribution is -2.33. The van der Waals surface area contributed by atoms with Crippen LogP contribution in [-0.2, 0) is 24.3 Å². The Hall–Kier alpha value is -3.87. The van der Waals surface area contributed by atoms with Gasteiger partial charge in [0.15, 0.2) is 0 Å². The van der Waals surface area contributed by atoms with Crippen LogP contribution in [0, 0.1) is 11.7 Å². The Balaban J connectivity index is 1.80. The zero-order chi connectivity index (χ0) is 24.1. The fraction of sp³-hybridized carbons (Fsp3) is 0.259. The molecule has 0 aliphatic carbocycles. The lowest BCUT2D eigenvalue weighted by atomic mass is 10.1. The molecular formula is C27H28FN3O3. The second kappa shape index (κ2) is 10.4. The van der Waals surface area contributed by atoms with Gasteiger partial charge in [-0.2, -0.15) is 5.10 Å². The number of benzene rings is 2. The molecule has 0 saturated heterocycles. The smallest absolute Gasteiger partial charge is 0.227 e. The summed E-state index contributed by atoms with van der Waals surface area (Å²) in [6.07, 6.45) is 2.24. The highest BCUT2D eigenvalue weighted by atomic mass is 19.1. The summed E-state index contributed by atoms with van der Waals surface area (Å²) < 4.78 is 27.1. The van der Waals surface area contributed by atoms with Crippen molar-refractivity contribution in [3.63, 3.8) is 0 Å². The van der Waals surface area contributed by atoms with Crippen LogP contribution in [0.15, 0.2) is 77.4 Å². The molecule has 2 aromatic heterocycles. The summed E-state index contributed by atoms with van der Waals surface area (Å²) in [5.74, 6) is 1.32. The van der Waals surface area contributed by atoms with E-state index >= 15 is 0 Å². The Kier molecular flexibility index (Phi) is 7.11. The number of hydrogen-bond acceptors (Lipinski definition) is 4. The van der Waals surface area contributed by atoms with Crippen molar-refractivity contribution in [1.82, 2.24) is 14.7 Å². The van der Waals surface area contributed by atoms with E-state index in [9.17, 15) is 9.18 Å². The first-order valence-electron chi connectivity index (χ1n) is 11.4. The quantitative estimate of drug-likeness (QED) is 0.300. The van der Waals surface area contributed by atoms with Gasteiger partial charge in [-0.1, -0.05) is 39.0 Å². The second-order valence-electron chi connectivity index (χ2n) is 8.32. The van der Waals surface area contributed by atoms with Gasteiger partial charge < -0.3 is 14.1 Å². The van der Waals surface area contributed by atoms with E-state index in [0.717, 1.165) is 11.3 Å². The van der Waals surface area contributed by atoms with Crippen LogP contribution in [0.3, 0.4) is 0 Å². The molecule has 176 valence electrons. The van der Waals surface area contributed by atoms with Gasteiger partial charge in [0.1, 0.15) is 17.3 Å². The zero-order valence-electron chi connectivity index (χ0n) is 19.6. The number of carbonyl (C=O) groups excluding carboxylic acids is 1. The average molecular weight is 462 g/mol. The predicted octanol–water partition coefficient (Wildman–Crippen LogP) is 6.14. The standard InChI is InChI=1S/C27H28FN3O3/c1-4-25-24(18-30(26(32)19(2)3)17-23-11-8-16-33-23)27(34-22-9-6-5-7-10-22)31(29-25)21-14-12-20(28)13-15-21/h5-16,19H,4,17-18H2,1-3H3. The first-order chi connectivity index (χ1) is 16.5. The molecule has 0 spiro atoms. The summed E-state index contributed by atoms with van der Waals surface area (Å²) >= 11 is 0. The van der Waals surface area contributed by atoms with Gasteiger partial charge in [0.2, 0.25) is 11.8 Å². The van der Waals surface area contributed by atoms with Crippen LogP contribution >= 0.6 is 0 Å². The Morgan fingerprint density at radius 1 is 1.06 bits per heavy atom. The van der Waals surface area contributed by atoms with Crippen LogP contribution < -0.4 is 4.74 Å². The largest absolute Gasteiger partial charge is 0.467 e. The SMILES string of the molecule is CCc1nn(-c2ccc(F)cc2)c(Oc2ccccc2)c1CN(Cc1ccco1)C(=O)C(C)C. The molecular weight excluding hydrogens is 433 g/mol. The van der Waals surface area contributed by atoms with Crippen molar-refractivity contribution in [2.24, 2.45) is 5.92 Å². The van der Waals surface area contributed by atoms with Crippen LogP contribution in [0.4, 0.5) is 4.39 Å². The van der Waals surface area contributed by atoms with Crippen LogP contribution in [0.1, 0.15) is 37.8 Å². The average Bonchev–Trinajstić information content (AvgIpc) is 3.47. The van der Waals surface area contributed by atoms with Gasteiger partial charge in [-0.05, 0) is 55.0 Å². The maximum absolute atomic E-state index is 13.6. The van der Waals surface area contributed by atoms with Gasteiger partial charge in [0.25, 0.3) is 0 Å². The van der Waals surface area contributed by atoms with E-state index in [1.807, 2.05) is 57.2 Å². The van der Waals surface area contributed by atoms with Gasteiger partial charge in [0, 0.05) is 5.92 Å². The first-order valence-corrected chi connectivity index (χ1v) is 11.4. The minimum atomic E-state index is -0.329. The molecule has 0 unspecified atom stereocenters. The number of ether oxygens (including phenoxy) is 1. The van der Waals surface area contributed by atoms with E-state index in [-0.39, 0.29) is 17.6 Å². The number of amides is 1. The Morgan fingerprint density at radius 2 is 1.79 bits per heavy atom. The van der Waals surface area contributed by atoms with E-state index in [0.29, 0.717) is 42.6 Å². The van der Waals surface area contributed by atoms with Gasteiger partial charge in [-0.25, -0.2) is 9.07 Å². The molecule has 34 heavy (non-hydrogen) atoms. The number of nitrogens with zero attached hydrogens (tertiary/aromatic N) is 3. The number of hydrogen-bond donors (Lipinski definition) is 0. The Morgan fingerprint density at radius 3 is 2.41 bits per heavy atom. The molecule has 0 atom stereocenters. The summed E-state index contributed by atoms with van der Waals surface area (Å²) in [4.78, 5) is 14.9. The van der Waals surface area contributed by atoms with Crippen molar-refractivity contribution in [1.29, 1.82) is 0 Å². The molecule has 4 rings (SSSR count). The summed E-state index contributed by atoms with van der Waals surface area (Å²) in [5, 5.41) is 4.79. The van der Waals surface area contributed by atoms with E-state index in [2.05, 4.69) is 0 Å². The fourth-order valence-electron chi connectivity index (χ4n) is 3.74. The van der Waals surface area contributed by atoms with Crippen molar-refractivity contribution in [2.75, 3.05) is 0 Å². The van der Waals surface area contributed by atoms with Gasteiger partial charge in [0.05, 0.1) is 36.3 Å². The summed E-state index contributed by atoms with van der Waals surface area (Å²) in [6.45, 7) is 6.39. The third kappa shape index (κ3) is 5.20.